The van der Waals surface area contributed by atoms with Crippen molar-refractivity contribution < 1.29 is 4.79 Å². The van der Waals surface area contributed by atoms with Crippen molar-refractivity contribution in [3.05, 3.63) is 25.6 Å². The third-order valence-electron chi connectivity index (χ3n) is 2.84. The molecule has 3 nitrogen and oxygen atoms in total. The van der Waals surface area contributed by atoms with Crippen molar-refractivity contribution in [2.24, 2.45) is 0 Å². The van der Waals surface area contributed by atoms with Crippen LogP contribution in [0.25, 0.3) is 0 Å². The minimum atomic E-state index is 0.120. The van der Waals surface area contributed by atoms with Crippen molar-refractivity contribution in [1.29, 1.82) is 0 Å². The van der Waals surface area contributed by atoms with Crippen LogP contribution < -0.4 is 10.6 Å². The predicted molar refractivity (Wildman–Crippen MR) is 83.8 cm³/mol. The summed E-state index contributed by atoms with van der Waals surface area (Å²) in [7, 11) is 0. The van der Waals surface area contributed by atoms with Crippen LogP contribution in [0.15, 0.2) is 25.6 Å². The number of hydrogen-bond acceptors (Lipinski definition) is 2. The average Bonchev–Trinajstić information content (AvgIpc) is 2.48. The van der Waals surface area contributed by atoms with Gasteiger partial charge in [-0.1, -0.05) is 15.9 Å². The maximum Gasteiger partial charge on any atom is 0.222 e. The fraction of sp³-hybridized carbons (Fsp3) is 0.417. The molecule has 2 rings (SSSR count). The topological polar surface area (TPSA) is 41.1 Å². The highest BCUT2D eigenvalue weighted by Gasteiger charge is 2.19. The van der Waals surface area contributed by atoms with Gasteiger partial charge in [0.15, 0.2) is 0 Å². The summed E-state index contributed by atoms with van der Waals surface area (Å²) < 4.78 is 2.97. The first-order chi connectivity index (χ1) is 8.56. The molecule has 98 valence electrons. The molecule has 0 aliphatic carbocycles. The number of carbonyl (C=O) groups excluding carboxylic acids is 1. The summed E-state index contributed by atoms with van der Waals surface area (Å²) in [5.41, 5.74) is 0.998. The number of amides is 1. The second kappa shape index (κ2) is 6.39. The zero-order valence-electron chi connectivity index (χ0n) is 9.60. The van der Waals surface area contributed by atoms with E-state index < -0.39 is 0 Å². The summed E-state index contributed by atoms with van der Waals surface area (Å²) >= 11 is 10.5. The highest BCUT2D eigenvalue weighted by molar-refractivity contribution is 9.11. The van der Waals surface area contributed by atoms with Gasteiger partial charge in [-0.2, -0.15) is 0 Å². The molecule has 1 amide bonds. The van der Waals surface area contributed by atoms with Crippen LogP contribution in [-0.2, 0) is 4.79 Å². The molecule has 1 atom stereocenters. The van der Waals surface area contributed by atoms with E-state index in [0.717, 1.165) is 38.5 Å². The largest absolute Gasteiger partial charge is 0.380 e. The Hall–Kier alpha value is -0.0700. The number of halogens is 3. The monoisotopic (exact) mass is 438 g/mol. The van der Waals surface area contributed by atoms with E-state index in [0.29, 0.717) is 6.42 Å². The highest BCUT2D eigenvalue weighted by Crippen LogP contribution is 2.35. The molecule has 0 saturated carbocycles. The Bertz CT molecular complexity index is 442. The molecule has 1 aliphatic heterocycles. The summed E-state index contributed by atoms with van der Waals surface area (Å²) in [6.45, 7) is 0.777. The minimum absolute atomic E-state index is 0.120. The molecule has 1 unspecified atom stereocenters. The Morgan fingerprint density at radius 3 is 2.56 bits per heavy atom. The quantitative estimate of drug-likeness (QED) is 0.728. The third-order valence-corrected chi connectivity index (χ3v) is 4.55. The molecule has 1 aromatic carbocycles. The Labute approximate surface area is 131 Å². The van der Waals surface area contributed by atoms with Gasteiger partial charge < -0.3 is 10.6 Å². The van der Waals surface area contributed by atoms with Gasteiger partial charge in [-0.15, -0.1) is 0 Å². The van der Waals surface area contributed by atoms with Gasteiger partial charge in [0.25, 0.3) is 0 Å². The van der Waals surface area contributed by atoms with Crippen LogP contribution in [0.2, 0.25) is 0 Å². The Balaban J connectivity index is 2.15. The lowest BCUT2D eigenvalue weighted by Gasteiger charge is -2.19. The first-order valence-electron chi connectivity index (χ1n) is 5.74. The highest BCUT2D eigenvalue weighted by atomic mass is 79.9. The van der Waals surface area contributed by atoms with Crippen LogP contribution in [0.4, 0.5) is 5.69 Å². The zero-order valence-corrected chi connectivity index (χ0v) is 14.4. The lowest BCUT2D eigenvalue weighted by Crippen LogP contribution is -2.27. The number of anilines is 1. The van der Waals surface area contributed by atoms with E-state index in [1.165, 1.54) is 0 Å². The van der Waals surface area contributed by atoms with Crippen molar-refractivity contribution >= 4 is 59.4 Å². The van der Waals surface area contributed by atoms with Gasteiger partial charge >= 0.3 is 0 Å². The molecule has 18 heavy (non-hydrogen) atoms. The number of nitrogens with one attached hydrogen (secondary N) is 2. The van der Waals surface area contributed by atoms with Gasteiger partial charge in [0.05, 0.1) is 5.69 Å². The van der Waals surface area contributed by atoms with Crippen molar-refractivity contribution in [3.8, 4) is 0 Å². The second-order valence-corrected chi connectivity index (χ2v) is 6.91. The molecule has 0 radical (unpaired) electrons. The Morgan fingerprint density at radius 1 is 1.22 bits per heavy atom. The number of rotatable bonds is 2. The minimum Gasteiger partial charge on any atom is -0.380 e. The smallest absolute Gasteiger partial charge is 0.222 e. The van der Waals surface area contributed by atoms with Crippen molar-refractivity contribution in [2.45, 2.75) is 25.3 Å². The molecule has 0 bridgehead atoms. The lowest BCUT2D eigenvalue weighted by atomic mass is 10.1. The molecule has 6 heteroatoms. The van der Waals surface area contributed by atoms with Crippen LogP contribution in [-0.4, -0.2) is 18.5 Å². The van der Waals surface area contributed by atoms with E-state index in [1.54, 1.807) is 0 Å². The molecule has 2 N–H and O–H groups in total. The third kappa shape index (κ3) is 3.71. The van der Waals surface area contributed by atoms with Gasteiger partial charge in [0, 0.05) is 32.4 Å². The molecule has 1 saturated heterocycles. The Kier molecular flexibility index (Phi) is 5.09. The van der Waals surface area contributed by atoms with Crippen LogP contribution in [0.3, 0.4) is 0 Å². The van der Waals surface area contributed by atoms with Gasteiger partial charge in [-0.05, 0) is 56.8 Å². The maximum absolute atomic E-state index is 11.5. The predicted octanol–water partition coefficient (Wildman–Crippen LogP) is 4.05. The molecule has 1 aliphatic rings. The summed E-state index contributed by atoms with van der Waals surface area (Å²) in [4.78, 5) is 11.5. The van der Waals surface area contributed by atoms with E-state index in [-0.39, 0.29) is 11.9 Å². The van der Waals surface area contributed by atoms with Crippen LogP contribution >= 0.6 is 47.8 Å². The first-order valence-corrected chi connectivity index (χ1v) is 8.12. The van der Waals surface area contributed by atoms with Crippen molar-refractivity contribution in [2.75, 3.05) is 11.9 Å². The summed E-state index contributed by atoms with van der Waals surface area (Å²) in [5, 5.41) is 6.33. The lowest BCUT2D eigenvalue weighted by molar-refractivity contribution is -0.120. The Morgan fingerprint density at radius 2 is 1.89 bits per heavy atom. The number of carbonyl (C=O) groups is 1. The standard InChI is InChI=1S/C12H13Br3N2O/c13-7-4-9(14)12(10(15)5-7)17-8-2-1-3-16-11(18)6-8/h4-5,8,17H,1-3,6H2,(H,16,18). The SMILES string of the molecule is O=C1CC(Nc2c(Br)cc(Br)cc2Br)CCCN1. The van der Waals surface area contributed by atoms with E-state index in [4.69, 9.17) is 0 Å². The summed E-state index contributed by atoms with van der Waals surface area (Å²) in [6.07, 6.45) is 2.53. The van der Waals surface area contributed by atoms with Gasteiger partial charge in [-0.25, -0.2) is 0 Å². The first kappa shape index (κ1) is 14.3. The molecule has 0 aromatic heterocycles. The molecule has 1 heterocycles. The molecular formula is C12H13Br3N2O. The van der Waals surface area contributed by atoms with Crippen LogP contribution in [0, 0.1) is 0 Å². The number of hydrogen-bond donors (Lipinski definition) is 2. The molecule has 1 aromatic rings. The van der Waals surface area contributed by atoms with Gasteiger partial charge in [0.2, 0.25) is 5.91 Å². The second-order valence-electron chi connectivity index (χ2n) is 4.28. The van der Waals surface area contributed by atoms with Crippen LogP contribution in [0.5, 0.6) is 0 Å². The van der Waals surface area contributed by atoms with E-state index in [2.05, 4.69) is 58.4 Å². The van der Waals surface area contributed by atoms with Gasteiger partial charge in [-0.3, -0.25) is 4.79 Å². The van der Waals surface area contributed by atoms with Crippen molar-refractivity contribution in [3.63, 3.8) is 0 Å². The zero-order chi connectivity index (χ0) is 13.1. The maximum atomic E-state index is 11.5. The van der Waals surface area contributed by atoms with Gasteiger partial charge in [0.1, 0.15) is 0 Å². The van der Waals surface area contributed by atoms with Crippen LogP contribution in [0.1, 0.15) is 19.3 Å². The van der Waals surface area contributed by atoms with E-state index in [1.807, 2.05) is 12.1 Å². The average molecular weight is 441 g/mol. The number of benzene rings is 1. The normalized spacial score (nSPS) is 20.2. The van der Waals surface area contributed by atoms with E-state index >= 15 is 0 Å². The molecule has 1 fully saturated rings. The molecular weight excluding hydrogens is 428 g/mol. The fourth-order valence-electron chi connectivity index (χ4n) is 1.98. The summed E-state index contributed by atoms with van der Waals surface area (Å²) in [5.74, 6) is 0.120. The summed E-state index contributed by atoms with van der Waals surface area (Å²) in [6, 6.07) is 4.16. The molecule has 0 spiro atoms. The van der Waals surface area contributed by atoms with E-state index in [9.17, 15) is 4.79 Å². The fourth-order valence-corrected chi connectivity index (χ4v) is 4.47. The van der Waals surface area contributed by atoms with Crippen molar-refractivity contribution in [1.82, 2.24) is 5.32 Å².